The second-order valence-corrected chi connectivity index (χ2v) is 4.80. The monoisotopic (exact) mass is 288 g/mol. The summed E-state index contributed by atoms with van der Waals surface area (Å²) < 4.78 is 16.3. The van der Waals surface area contributed by atoms with Gasteiger partial charge in [0.15, 0.2) is 17.3 Å². The third kappa shape index (κ3) is 2.85. The molecule has 1 aliphatic rings. The number of furan rings is 1. The largest absolute Gasteiger partial charge is 0.486 e. The van der Waals surface area contributed by atoms with Crippen molar-refractivity contribution in [2.75, 3.05) is 18.5 Å². The number of anilines is 1. The minimum atomic E-state index is -0.335. The van der Waals surface area contributed by atoms with Gasteiger partial charge in [-0.05, 0) is 31.2 Å². The Kier molecular flexibility index (Phi) is 3.53. The predicted octanol–water partition coefficient (Wildman–Crippen LogP) is 2.32. The first-order chi connectivity index (χ1) is 10.1. The molecule has 1 aromatic carbocycles. The molecule has 0 saturated heterocycles. The lowest BCUT2D eigenvalue weighted by molar-refractivity contribution is 0.0994. The molecule has 1 unspecified atom stereocenters. The lowest BCUT2D eigenvalue weighted by Crippen LogP contribution is -2.16. The van der Waals surface area contributed by atoms with Crippen LogP contribution in [-0.4, -0.2) is 19.1 Å². The van der Waals surface area contributed by atoms with E-state index in [1.807, 2.05) is 0 Å². The van der Waals surface area contributed by atoms with Gasteiger partial charge in [-0.3, -0.25) is 4.79 Å². The highest BCUT2D eigenvalue weighted by molar-refractivity contribution is 6.02. The summed E-state index contributed by atoms with van der Waals surface area (Å²) in [7, 11) is 0. The Hall–Kier alpha value is -2.47. The lowest BCUT2D eigenvalue weighted by Gasteiger charge is -2.18. The number of amides is 1. The molecule has 2 heterocycles. The van der Waals surface area contributed by atoms with Crippen molar-refractivity contribution in [3.63, 3.8) is 0 Å². The van der Waals surface area contributed by atoms with Crippen molar-refractivity contribution >= 4 is 11.6 Å². The molecule has 1 aliphatic heterocycles. The number of hydrogen-bond acceptors (Lipinski definition) is 5. The van der Waals surface area contributed by atoms with Gasteiger partial charge in [-0.2, -0.15) is 0 Å². The third-order valence-corrected chi connectivity index (χ3v) is 3.10. The summed E-state index contributed by atoms with van der Waals surface area (Å²) in [6.07, 6.45) is 0. The van der Waals surface area contributed by atoms with Crippen molar-refractivity contribution in [1.82, 2.24) is 0 Å². The zero-order chi connectivity index (χ0) is 14.8. The van der Waals surface area contributed by atoms with Crippen molar-refractivity contribution < 1.29 is 18.7 Å². The molecule has 110 valence electrons. The number of ether oxygens (including phenoxy) is 2. The van der Waals surface area contributed by atoms with Crippen molar-refractivity contribution in [2.24, 2.45) is 5.73 Å². The summed E-state index contributed by atoms with van der Waals surface area (Å²) in [6.45, 7) is 2.83. The minimum Gasteiger partial charge on any atom is -0.486 e. The molecule has 1 atom stereocenters. The fraction of sp³-hybridized carbons (Fsp3) is 0.267. The third-order valence-electron chi connectivity index (χ3n) is 3.10. The molecular formula is C15H16N2O4. The quantitative estimate of drug-likeness (QED) is 0.905. The topological polar surface area (TPSA) is 86.7 Å². The van der Waals surface area contributed by atoms with Gasteiger partial charge in [-0.25, -0.2) is 0 Å². The van der Waals surface area contributed by atoms with E-state index in [2.05, 4.69) is 5.32 Å². The SMILES string of the molecule is CC(N)c1ccc(C(=O)Nc2ccc3c(c2)OCCO3)o1. The van der Waals surface area contributed by atoms with E-state index in [0.29, 0.717) is 36.2 Å². The Morgan fingerprint density at radius 3 is 2.67 bits per heavy atom. The Morgan fingerprint density at radius 2 is 1.95 bits per heavy atom. The maximum absolute atomic E-state index is 12.1. The second kappa shape index (κ2) is 5.49. The first-order valence-corrected chi connectivity index (χ1v) is 6.70. The van der Waals surface area contributed by atoms with Gasteiger partial charge in [-0.1, -0.05) is 0 Å². The van der Waals surface area contributed by atoms with E-state index >= 15 is 0 Å². The van der Waals surface area contributed by atoms with Crippen LogP contribution in [0.25, 0.3) is 0 Å². The number of benzene rings is 1. The van der Waals surface area contributed by atoms with Gasteiger partial charge in [0.05, 0.1) is 6.04 Å². The van der Waals surface area contributed by atoms with E-state index in [0.717, 1.165) is 0 Å². The normalized spacial score (nSPS) is 14.6. The molecule has 0 spiro atoms. The van der Waals surface area contributed by atoms with Gasteiger partial charge >= 0.3 is 0 Å². The number of fused-ring (bicyclic) bond motifs is 1. The van der Waals surface area contributed by atoms with Gasteiger partial charge < -0.3 is 24.9 Å². The lowest BCUT2D eigenvalue weighted by atomic mass is 10.2. The van der Waals surface area contributed by atoms with E-state index < -0.39 is 0 Å². The van der Waals surface area contributed by atoms with Crippen molar-refractivity contribution in [3.8, 4) is 11.5 Å². The van der Waals surface area contributed by atoms with Crippen molar-refractivity contribution in [3.05, 3.63) is 41.9 Å². The molecule has 3 N–H and O–H groups in total. The summed E-state index contributed by atoms with van der Waals surface area (Å²) in [5.41, 5.74) is 6.31. The highest BCUT2D eigenvalue weighted by Crippen LogP contribution is 2.32. The molecule has 0 aliphatic carbocycles. The van der Waals surface area contributed by atoms with Gasteiger partial charge in [0.25, 0.3) is 5.91 Å². The molecule has 0 radical (unpaired) electrons. The molecule has 6 nitrogen and oxygen atoms in total. The number of nitrogens with one attached hydrogen (secondary N) is 1. The summed E-state index contributed by atoms with van der Waals surface area (Å²) >= 11 is 0. The van der Waals surface area contributed by atoms with Crippen LogP contribution in [0.15, 0.2) is 34.7 Å². The Balaban J connectivity index is 1.74. The molecule has 2 aromatic rings. The summed E-state index contributed by atoms with van der Waals surface area (Å²) in [4.78, 5) is 12.1. The van der Waals surface area contributed by atoms with E-state index in [9.17, 15) is 4.79 Å². The standard InChI is InChI=1S/C15H16N2O4/c1-9(16)11-4-5-13(21-11)15(18)17-10-2-3-12-14(8-10)20-7-6-19-12/h2-5,8-9H,6-7,16H2,1H3,(H,17,18). The highest BCUT2D eigenvalue weighted by atomic mass is 16.6. The predicted molar refractivity (Wildman–Crippen MR) is 76.7 cm³/mol. The molecular weight excluding hydrogens is 272 g/mol. The van der Waals surface area contributed by atoms with E-state index in [-0.39, 0.29) is 17.7 Å². The van der Waals surface area contributed by atoms with Gasteiger partial charge in [-0.15, -0.1) is 0 Å². The van der Waals surface area contributed by atoms with Crippen LogP contribution in [0.2, 0.25) is 0 Å². The molecule has 1 aromatic heterocycles. The fourth-order valence-electron chi connectivity index (χ4n) is 2.03. The van der Waals surface area contributed by atoms with Crippen LogP contribution in [0.5, 0.6) is 11.5 Å². The fourth-order valence-corrected chi connectivity index (χ4v) is 2.03. The molecule has 0 fully saturated rings. The van der Waals surface area contributed by atoms with Crippen LogP contribution in [0, 0.1) is 0 Å². The molecule has 0 saturated carbocycles. The maximum Gasteiger partial charge on any atom is 0.291 e. The van der Waals surface area contributed by atoms with Gasteiger partial charge in [0, 0.05) is 11.8 Å². The Labute approximate surface area is 121 Å². The van der Waals surface area contributed by atoms with E-state index in [4.69, 9.17) is 19.6 Å². The average molecular weight is 288 g/mol. The first-order valence-electron chi connectivity index (χ1n) is 6.70. The molecule has 6 heteroatoms. The number of rotatable bonds is 3. The minimum absolute atomic E-state index is 0.220. The smallest absolute Gasteiger partial charge is 0.291 e. The molecule has 1 amide bonds. The summed E-state index contributed by atoms with van der Waals surface area (Å²) in [5, 5.41) is 2.75. The Morgan fingerprint density at radius 1 is 1.19 bits per heavy atom. The number of nitrogens with two attached hydrogens (primary N) is 1. The van der Waals surface area contributed by atoms with E-state index in [1.54, 1.807) is 37.3 Å². The van der Waals surface area contributed by atoms with Crippen LogP contribution >= 0.6 is 0 Å². The van der Waals surface area contributed by atoms with Gasteiger partial charge in [0.1, 0.15) is 19.0 Å². The van der Waals surface area contributed by atoms with Crippen LogP contribution in [0.1, 0.15) is 29.3 Å². The van der Waals surface area contributed by atoms with Crippen LogP contribution in [0.4, 0.5) is 5.69 Å². The number of carbonyl (C=O) groups excluding carboxylic acids is 1. The molecule has 3 rings (SSSR count). The summed E-state index contributed by atoms with van der Waals surface area (Å²) in [5.74, 6) is 1.75. The van der Waals surface area contributed by atoms with Crippen LogP contribution in [0.3, 0.4) is 0 Å². The first kappa shape index (κ1) is 13.5. The van der Waals surface area contributed by atoms with Crippen molar-refractivity contribution in [1.29, 1.82) is 0 Å². The second-order valence-electron chi connectivity index (χ2n) is 4.80. The van der Waals surface area contributed by atoms with E-state index in [1.165, 1.54) is 0 Å². The maximum atomic E-state index is 12.1. The molecule has 21 heavy (non-hydrogen) atoms. The van der Waals surface area contributed by atoms with Crippen LogP contribution in [-0.2, 0) is 0 Å². The average Bonchev–Trinajstić information content (AvgIpc) is 2.97. The number of hydrogen-bond donors (Lipinski definition) is 2. The molecule has 0 bridgehead atoms. The summed E-state index contributed by atoms with van der Waals surface area (Å²) in [6, 6.07) is 8.29. The van der Waals surface area contributed by atoms with Gasteiger partial charge in [0.2, 0.25) is 0 Å². The zero-order valence-electron chi connectivity index (χ0n) is 11.6. The Bertz CT molecular complexity index is 663. The number of carbonyl (C=O) groups is 1. The van der Waals surface area contributed by atoms with Crippen molar-refractivity contribution in [2.45, 2.75) is 13.0 Å². The highest BCUT2D eigenvalue weighted by Gasteiger charge is 2.16. The van der Waals surface area contributed by atoms with Crippen LogP contribution < -0.4 is 20.5 Å². The zero-order valence-corrected chi connectivity index (χ0v) is 11.6.